The zero-order valence-corrected chi connectivity index (χ0v) is 13.4. The minimum absolute atomic E-state index is 0.0438. The minimum Gasteiger partial charge on any atom is -0.314 e. The van der Waals surface area contributed by atoms with Crippen LogP contribution >= 0.6 is 0 Å². The first-order chi connectivity index (χ1) is 10.0. The summed E-state index contributed by atoms with van der Waals surface area (Å²) in [5.74, 6) is 0. The maximum atomic E-state index is 12.6. The summed E-state index contributed by atoms with van der Waals surface area (Å²) in [6.45, 7) is 2.97. The minimum atomic E-state index is -3.39. The number of aryl methyl sites for hydroxylation is 2. The summed E-state index contributed by atoms with van der Waals surface area (Å²) in [7, 11) is -3.39. The van der Waals surface area contributed by atoms with Gasteiger partial charge in [0.15, 0.2) is 0 Å². The molecule has 4 nitrogen and oxygen atoms in total. The Bertz CT molecular complexity index is 613. The number of benzene rings is 1. The number of hydrogen-bond acceptors (Lipinski definition) is 3. The highest BCUT2D eigenvalue weighted by atomic mass is 32.2. The van der Waals surface area contributed by atoms with Crippen LogP contribution < -0.4 is 10.0 Å². The van der Waals surface area contributed by atoms with E-state index in [0.29, 0.717) is 10.9 Å². The lowest BCUT2D eigenvalue weighted by Gasteiger charge is -2.28. The SMILES string of the molecule is CC1CC(NS(=O)(=O)c2ccc3c(c2)CCCC3)CCN1. The van der Waals surface area contributed by atoms with Gasteiger partial charge in [0.05, 0.1) is 4.90 Å². The fraction of sp³-hybridized carbons (Fsp3) is 0.625. The van der Waals surface area contributed by atoms with E-state index in [1.54, 1.807) is 6.07 Å². The fourth-order valence-electron chi connectivity index (χ4n) is 3.40. The van der Waals surface area contributed by atoms with E-state index in [-0.39, 0.29) is 6.04 Å². The van der Waals surface area contributed by atoms with Crippen molar-refractivity contribution >= 4 is 10.0 Å². The van der Waals surface area contributed by atoms with Gasteiger partial charge in [-0.1, -0.05) is 6.07 Å². The van der Waals surface area contributed by atoms with Gasteiger partial charge in [0.1, 0.15) is 0 Å². The molecule has 1 aromatic carbocycles. The molecule has 3 rings (SSSR count). The number of fused-ring (bicyclic) bond motifs is 1. The van der Waals surface area contributed by atoms with E-state index in [1.165, 1.54) is 17.5 Å². The number of rotatable bonds is 3. The lowest BCUT2D eigenvalue weighted by Crippen LogP contribution is -2.46. The first-order valence-electron chi connectivity index (χ1n) is 7.92. The Hall–Kier alpha value is -0.910. The average Bonchev–Trinajstić information content (AvgIpc) is 2.46. The van der Waals surface area contributed by atoms with Crippen molar-refractivity contribution in [2.45, 2.75) is 62.4 Å². The molecule has 0 aromatic heterocycles. The first kappa shape index (κ1) is 15.0. The Morgan fingerprint density at radius 3 is 2.71 bits per heavy atom. The Balaban J connectivity index is 1.78. The van der Waals surface area contributed by atoms with E-state index in [9.17, 15) is 8.42 Å². The molecule has 1 fully saturated rings. The zero-order chi connectivity index (χ0) is 14.9. The van der Waals surface area contributed by atoms with Crippen molar-refractivity contribution in [1.29, 1.82) is 0 Å². The second-order valence-electron chi connectivity index (χ2n) is 6.34. The van der Waals surface area contributed by atoms with Gasteiger partial charge in [-0.3, -0.25) is 0 Å². The zero-order valence-electron chi connectivity index (χ0n) is 12.6. The number of hydrogen-bond donors (Lipinski definition) is 2. The number of nitrogens with one attached hydrogen (secondary N) is 2. The molecule has 0 radical (unpaired) electrons. The van der Waals surface area contributed by atoms with Crippen LogP contribution in [0.3, 0.4) is 0 Å². The van der Waals surface area contributed by atoms with Gasteiger partial charge in [-0.2, -0.15) is 0 Å². The molecule has 1 aliphatic carbocycles. The molecule has 1 heterocycles. The molecule has 1 aromatic rings. The summed E-state index contributed by atoms with van der Waals surface area (Å²) >= 11 is 0. The summed E-state index contributed by atoms with van der Waals surface area (Å²) in [4.78, 5) is 0.425. The highest BCUT2D eigenvalue weighted by Crippen LogP contribution is 2.24. The monoisotopic (exact) mass is 308 g/mol. The van der Waals surface area contributed by atoms with Crippen molar-refractivity contribution in [2.24, 2.45) is 0 Å². The van der Waals surface area contributed by atoms with Gasteiger partial charge >= 0.3 is 0 Å². The van der Waals surface area contributed by atoms with Crippen LogP contribution in [-0.2, 0) is 22.9 Å². The number of sulfonamides is 1. The van der Waals surface area contributed by atoms with E-state index in [4.69, 9.17) is 0 Å². The maximum Gasteiger partial charge on any atom is 0.240 e. The molecule has 0 bridgehead atoms. The highest BCUT2D eigenvalue weighted by Gasteiger charge is 2.25. The van der Waals surface area contributed by atoms with Crippen LogP contribution in [0.5, 0.6) is 0 Å². The first-order valence-corrected chi connectivity index (χ1v) is 9.40. The second kappa shape index (κ2) is 6.07. The van der Waals surface area contributed by atoms with Gasteiger partial charge in [0, 0.05) is 12.1 Å². The van der Waals surface area contributed by atoms with Gasteiger partial charge in [0.2, 0.25) is 10.0 Å². The highest BCUT2D eigenvalue weighted by molar-refractivity contribution is 7.89. The lowest BCUT2D eigenvalue weighted by atomic mass is 9.92. The molecular weight excluding hydrogens is 284 g/mol. The van der Waals surface area contributed by atoms with Gasteiger partial charge < -0.3 is 5.32 Å². The molecule has 0 saturated carbocycles. The lowest BCUT2D eigenvalue weighted by molar-refractivity contribution is 0.361. The molecule has 1 aliphatic heterocycles. The van der Waals surface area contributed by atoms with E-state index in [2.05, 4.69) is 17.0 Å². The Morgan fingerprint density at radius 1 is 1.19 bits per heavy atom. The quantitative estimate of drug-likeness (QED) is 0.898. The molecule has 0 amide bonds. The number of piperidine rings is 1. The smallest absolute Gasteiger partial charge is 0.240 e. The normalized spacial score (nSPS) is 26.3. The Labute approximate surface area is 127 Å². The Kier molecular flexibility index (Phi) is 4.33. The molecule has 1 saturated heterocycles. The van der Waals surface area contributed by atoms with Crippen molar-refractivity contribution in [3.05, 3.63) is 29.3 Å². The third-order valence-corrected chi connectivity index (χ3v) is 6.09. The van der Waals surface area contributed by atoms with Crippen LogP contribution in [0.2, 0.25) is 0 Å². The molecular formula is C16H24N2O2S. The molecule has 2 aliphatic rings. The van der Waals surface area contributed by atoms with Gasteiger partial charge in [-0.25, -0.2) is 13.1 Å². The molecule has 5 heteroatoms. The van der Waals surface area contributed by atoms with E-state index in [1.807, 2.05) is 12.1 Å². The molecule has 116 valence electrons. The van der Waals surface area contributed by atoms with Gasteiger partial charge in [0.25, 0.3) is 0 Å². The molecule has 21 heavy (non-hydrogen) atoms. The Morgan fingerprint density at radius 2 is 1.95 bits per heavy atom. The van der Waals surface area contributed by atoms with Crippen LogP contribution in [0.1, 0.15) is 43.7 Å². The third kappa shape index (κ3) is 3.47. The standard InChI is InChI=1S/C16H24N2O2S/c1-12-10-15(8-9-17-12)18-21(19,20)16-7-6-13-4-2-3-5-14(13)11-16/h6-7,11-12,15,17-18H,2-5,8-10H2,1H3. The van der Waals surface area contributed by atoms with E-state index >= 15 is 0 Å². The molecule has 2 N–H and O–H groups in total. The van der Waals surface area contributed by atoms with Crippen molar-refractivity contribution < 1.29 is 8.42 Å². The van der Waals surface area contributed by atoms with Crippen molar-refractivity contribution in [3.63, 3.8) is 0 Å². The summed E-state index contributed by atoms with van der Waals surface area (Å²) in [6.07, 6.45) is 6.16. The molecule has 2 unspecified atom stereocenters. The maximum absolute atomic E-state index is 12.6. The summed E-state index contributed by atoms with van der Waals surface area (Å²) < 4.78 is 28.0. The van der Waals surface area contributed by atoms with Crippen molar-refractivity contribution in [3.8, 4) is 0 Å². The van der Waals surface area contributed by atoms with Crippen molar-refractivity contribution in [1.82, 2.24) is 10.0 Å². The van der Waals surface area contributed by atoms with Crippen LogP contribution in [0, 0.1) is 0 Å². The second-order valence-corrected chi connectivity index (χ2v) is 8.05. The van der Waals surface area contributed by atoms with Gasteiger partial charge in [-0.15, -0.1) is 0 Å². The van der Waals surface area contributed by atoms with Crippen LogP contribution in [-0.4, -0.2) is 27.0 Å². The largest absolute Gasteiger partial charge is 0.314 e. The predicted molar refractivity (Wildman–Crippen MR) is 83.9 cm³/mol. The van der Waals surface area contributed by atoms with Crippen LogP contribution in [0.4, 0.5) is 0 Å². The van der Waals surface area contributed by atoms with Crippen LogP contribution in [0.15, 0.2) is 23.1 Å². The van der Waals surface area contributed by atoms with E-state index in [0.717, 1.165) is 38.6 Å². The molecule has 0 spiro atoms. The third-order valence-electron chi connectivity index (χ3n) is 4.58. The summed E-state index contributed by atoms with van der Waals surface area (Å²) in [5, 5.41) is 3.34. The fourth-order valence-corrected chi connectivity index (χ4v) is 4.74. The summed E-state index contributed by atoms with van der Waals surface area (Å²) in [6, 6.07) is 6.05. The summed E-state index contributed by atoms with van der Waals surface area (Å²) in [5.41, 5.74) is 2.53. The van der Waals surface area contributed by atoms with E-state index < -0.39 is 10.0 Å². The average molecular weight is 308 g/mol. The predicted octanol–water partition coefficient (Wildman–Crippen LogP) is 1.98. The van der Waals surface area contributed by atoms with Crippen LogP contribution in [0.25, 0.3) is 0 Å². The van der Waals surface area contributed by atoms with Gasteiger partial charge in [-0.05, 0) is 75.3 Å². The van der Waals surface area contributed by atoms with Crippen molar-refractivity contribution in [2.75, 3.05) is 6.54 Å². The molecule has 2 atom stereocenters. The topological polar surface area (TPSA) is 58.2 Å².